The second kappa shape index (κ2) is 6.87. The molecule has 3 atom stereocenters. The number of aliphatic hydroxyl groups excluding tert-OH is 1. The van der Waals surface area contributed by atoms with Crippen molar-refractivity contribution in [3.05, 3.63) is 33.8 Å². The van der Waals surface area contributed by atoms with E-state index in [0.29, 0.717) is 16.6 Å². The smallest absolute Gasteiger partial charge is 0.0655 e. The van der Waals surface area contributed by atoms with Crippen molar-refractivity contribution in [3.63, 3.8) is 0 Å². The molecule has 0 heterocycles. The van der Waals surface area contributed by atoms with Crippen LogP contribution in [0.3, 0.4) is 0 Å². The van der Waals surface area contributed by atoms with Gasteiger partial charge in [-0.15, -0.1) is 0 Å². The van der Waals surface area contributed by atoms with Gasteiger partial charge in [0, 0.05) is 22.5 Å². The van der Waals surface area contributed by atoms with Gasteiger partial charge in [-0.1, -0.05) is 56.0 Å². The number of nitrogens with two attached hydrogens (primary N) is 1. The molecule has 3 N–H and O–H groups in total. The summed E-state index contributed by atoms with van der Waals surface area (Å²) < 4.78 is 0. The summed E-state index contributed by atoms with van der Waals surface area (Å²) in [6, 6.07) is 5.44. The average molecular weight is 330 g/mol. The first kappa shape index (κ1) is 17.1. The molecule has 0 aliphatic heterocycles. The van der Waals surface area contributed by atoms with Gasteiger partial charge in [-0.25, -0.2) is 0 Å². The van der Waals surface area contributed by atoms with Crippen LogP contribution in [0.4, 0.5) is 0 Å². The largest absolute Gasteiger partial charge is 0.392 e. The zero-order chi connectivity index (χ0) is 15.6. The summed E-state index contributed by atoms with van der Waals surface area (Å²) in [6.45, 7) is 4.82. The quantitative estimate of drug-likeness (QED) is 0.847. The van der Waals surface area contributed by atoms with Crippen molar-refractivity contribution < 1.29 is 5.11 Å². The van der Waals surface area contributed by atoms with Crippen molar-refractivity contribution in [1.82, 2.24) is 0 Å². The van der Waals surface area contributed by atoms with Gasteiger partial charge >= 0.3 is 0 Å². The van der Waals surface area contributed by atoms with Crippen molar-refractivity contribution in [3.8, 4) is 0 Å². The molecule has 118 valence electrons. The third kappa shape index (κ3) is 3.56. The Hall–Kier alpha value is -0.280. The van der Waals surface area contributed by atoms with Gasteiger partial charge in [0.05, 0.1) is 6.10 Å². The number of rotatable bonds is 4. The van der Waals surface area contributed by atoms with Gasteiger partial charge in [-0.2, -0.15) is 0 Å². The molecule has 0 bridgehead atoms. The van der Waals surface area contributed by atoms with E-state index in [9.17, 15) is 5.11 Å². The SMILES string of the molecule is CC1(C)CCCCC1C(O)C(CN)c1c(Cl)cccc1Cl. The van der Waals surface area contributed by atoms with Crippen molar-refractivity contribution in [2.45, 2.75) is 51.6 Å². The minimum Gasteiger partial charge on any atom is -0.392 e. The van der Waals surface area contributed by atoms with E-state index in [1.165, 1.54) is 12.8 Å². The molecule has 2 nitrogen and oxygen atoms in total. The molecule has 4 heteroatoms. The molecule has 1 aliphatic carbocycles. The van der Waals surface area contributed by atoms with Crippen molar-refractivity contribution >= 4 is 23.2 Å². The highest BCUT2D eigenvalue weighted by atomic mass is 35.5. The summed E-state index contributed by atoms with van der Waals surface area (Å²) in [7, 11) is 0. The molecule has 1 saturated carbocycles. The van der Waals surface area contributed by atoms with Crippen LogP contribution in [0.1, 0.15) is 51.0 Å². The summed E-state index contributed by atoms with van der Waals surface area (Å²) >= 11 is 12.6. The molecule has 0 amide bonds. The van der Waals surface area contributed by atoms with E-state index in [0.717, 1.165) is 18.4 Å². The molecule has 1 aliphatic rings. The lowest BCUT2D eigenvalue weighted by Crippen LogP contribution is -2.42. The first-order valence-electron chi connectivity index (χ1n) is 7.70. The Balaban J connectivity index is 2.32. The average Bonchev–Trinajstić information content (AvgIpc) is 2.42. The molecule has 21 heavy (non-hydrogen) atoms. The molecule has 3 unspecified atom stereocenters. The van der Waals surface area contributed by atoms with E-state index in [-0.39, 0.29) is 17.3 Å². The van der Waals surface area contributed by atoms with Gasteiger partial charge in [0.25, 0.3) is 0 Å². The maximum Gasteiger partial charge on any atom is 0.0655 e. The fraction of sp³-hybridized carbons (Fsp3) is 0.647. The zero-order valence-electron chi connectivity index (χ0n) is 12.8. The maximum atomic E-state index is 11.0. The second-order valence-electron chi connectivity index (χ2n) is 6.81. The van der Waals surface area contributed by atoms with E-state index in [1.54, 1.807) is 0 Å². The normalized spacial score (nSPS) is 24.6. The Bertz CT molecular complexity index is 469. The number of hydrogen-bond acceptors (Lipinski definition) is 2. The third-order valence-electron chi connectivity index (χ3n) is 5.04. The van der Waals surface area contributed by atoms with Gasteiger partial charge in [0.15, 0.2) is 0 Å². The van der Waals surface area contributed by atoms with E-state index < -0.39 is 6.10 Å². The predicted molar refractivity (Wildman–Crippen MR) is 90.0 cm³/mol. The highest BCUT2D eigenvalue weighted by molar-refractivity contribution is 6.36. The molecule has 0 saturated heterocycles. The zero-order valence-corrected chi connectivity index (χ0v) is 14.3. The Morgan fingerprint density at radius 3 is 2.43 bits per heavy atom. The van der Waals surface area contributed by atoms with Crippen LogP contribution in [-0.4, -0.2) is 17.8 Å². The second-order valence-corrected chi connectivity index (χ2v) is 7.62. The van der Waals surface area contributed by atoms with E-state index in [1.807, 2.05) is 18.2 Å². The Labute approximate surface area is 137 Å². The lowest BCUT2D eigenvalue weighted by molar-refractivity contribution is -0.00892. The van der Waals surface area contributed by atoms with E-state index in [4.69, 9.17) is 28.9 Å². The molecule has 1 fully saturated rings. The fourth-order valence-corrected chi connectivity index (χ4v) is 4.41. The first-order chi connectivity index (χ1) is 9.88. The molecule has 1 aromatic rings. The molecule has 0 radical (unpaired) electrons. The van der Waals surface area contributed by atoms with Gasteiger partial charge in [-0.3, -0.25) is 0 Å². The maximum absolute atomic E-state index is 11.0. The van der Waals surface area contributed by atoms with Crippen LogP contribution in [0.5, 0.6) is 0 Å². The van der Waals surface area contributed by atoms with Gasteiger partial charge in [0.2, 0.25) is 0 Å². The summed E-state index contributed by atoms with van der Waals surface area (Å²) in [5.74, 6) is 0.0146. The van der Waals surface area contributed by atoms with Crippen LogP contribution in [0.15, 0.2) is 18.2 Å². The first-order valence-corrected chi connectivity index (χ1v) is 8.46. The number of aliphatic hydroxyl groups is 1. The standard InChI is InChI=1S/C17H25Cl2NO/c1-17(2)9-4-3-6-12(17)16(21)11(10-20)15-13(18)7-5-8-14(15)19/h5,7-8,11-12,16,21H,3-4,6,9-10,20H2,1-2H3. The Morgan fingerprint density at radius 2 is 1.90 bits per heavy atom. The van der Waals surface area contributed by atoms with Gasteiger partial charge in [-0.05, 0) is 41.9 Å². The van der Waals surface area contributed by atoms with E-state index in [2.05, 4.69) is 13.8 Å². The highest BCUT2D eigenvalue weighted by Crippen LogP contribution is 2.46. The Kier molecular flexibility index (Phi) is 5.59. The van der Waals surface area contributed by atoms with Crippen molar-refractivity contribution in [2.24, 2.45) is 17.1 Å². The lowest BCUT2D eigenvalue weighted by atomic mass is 9.64. The van der Waals surface area contributed by atoms with Crippen molar-refractivity contribution in [2.75, 3.05) is 6.54 Å². The Morgan fingerprint density at radius 1 is 1.29 bits per heavy atom. The molecule has 0 aromatic heterocycles. The number of benzene rings is 1. The molecular formula is C17H25Cl2NO. The fourth-order valence-electron chi connectivity index (χ4n) is 3.73. The van der Waals surface area contributed by atoms with E-state index >= 15 is 0 Å². The van der Waals surface area contributed by atoms with Crippen LogP contribution >= 0.6 is 23.2 Å². The molecular weight excluding hydrogens is 305 g/mol. The summed E-state index contributed by atoms with van der Waals surface area (Å²) in [5.41, 5.74) is 6.87. The summed E-state index contributed by atoms with van der Waals surface area (Å²) in [6.07, 6.45) is 4.06. The molecule has 1 aromatic carbocycles. The van der Waals surface area contributed by atoms with Gasteiger partial charge < -0.3 is 10.8 Å². The minimum absolute atomic E-state index is 0.124. The highest BCUT2D eigenvalue weighted by Gasteiger charge is 2.40. The summed E-state index contributed by atoms with van der Waals surface area (Å²) in [5, 5.41) is 12.2. The van der Waals surface area contributed by atoms with Crippen LogP contribution in [0.2, 0.25) is 10.0 Å². The van der Waals surface area contributed by atoms with Crippen molar-refractivity contribution in [1.29, 1.82) is 0 Å². The third-order valence-corrected chi connectivity index (χ3v) is 5.70. The van der Waals surface area contributed by atoms with Gasteiger partial charge in [0.1, 0.15) is 0 Å². The minimum atomic E-state index is -0.511. The number of halogens is 2. The van der Waals surface area contributed by atoms with Crippen LogP contribution < -0.4 is 5.73 Å². The van der Waals surface area contributed by atoms with Crippen LogP contribution in [-0.2, 0) is 0 Å². The molecule has 2 rings (SSSR count). The predicted octanol–water partition coefficient (Wildman–Crippen LogP) is 4.61. The topological polar surface area (TPSA) is 46.2 Å². The number of hydrogen-bond donors (Lipinski definition) is 2. The molecule has 0 spiro atoms. The lowest BCUT2D eigenvalue weighted by Gasteiger charge is -2.43. The summed E-state index contributed by atoms with van der Waals surface area (Å²) in [4.78, 5) is 0. The van der Waals surface area contributed by atoms with Crippen LogP contribution in [0, 0.1) is 11.3 Å². The monoisotopic (exact) mass is 329 g/mol. The van der Waals surface area contributed by atoms with Crippen LogP contribution in [0.25, 0.3) is 0 Å².